The number of carbonyl (C=O) groups is 1. The molecular formula is C13H21N3O2. The SMILES string of the molecule is CC(C)(C)c1noc(C(=O)CCC2CCCN2)n1. The van der Waals surface area contributed by atoms with Crippen molar-refractivity contribution in [3.8, 4) is 0 Å². The van der Waals surface area contributed by atoms with E-state index in [1.165, 1.54) is 6.42 Å². The van der Waals surface area contributed by atoms with Gasteiger partial charge in [0.05, 0.1) is 0 Å². The maximum absolute atomic E-state index is 11.9. The number of hydrogen-bond donors (Lipinski definition) is 1. The highest BCUT2D eigenvalue weighted by Gasteiger charge is 2.24. The molecule has 0 spiro atoms. The molecule has 0 saturated carbocycles. The number of aromatic nitrogens is 2. The monoisotopic (exact) mass is 251 g/mol. The molecule has 1 unspecified atom stereocenters. The van der Waals surface area contributed by atoms with E-state index in [0.29, 0.717) is 18.3 Å². The van der Waals surface area contributed by atoms with Crippen molar-refractivity contribution in [2.75, 3.05) is 6.54 Å². The standard InChI is InChI=1S/C13H21N3O2/c1-13(2,3)12-15-11(18-16-12)10(17)7-6-9-5-4-8-14-9/h9,14H,4-8H2,1-3H3. The van der Waals surface area contributed by atoms with Gasteiger partial charge in [-0.15, -0.1) is 0 Å². The average Bonchev–Trinajstić information content (AvgIpc) is 2.96. The van der Waals surface area contributed by atoms with Crippen molar-refractivity contribution in [2.45, 2.75) is 57.9 Å². The fourth-order valence-electron chi connectivity index (χ4n) is 2.06. The van der Waals surface area contributed by atoms with E-state index in [-0.39, 0.29) is 17.1 Å². The quantitative estimate of drug-likeness (QED) is 0.830. The molecule has 5 nitrogen and oxygen atoms in total. The summed E-state index contributed by atoms with van der Waals surface area (Å²) in [5, 5.41) is 7.24. The molecule has 0 amide bonds. The second-order valence-electron chi connectivity index (χ2n) is 5.93. The van der Waals surface area contributed by atoms with Crippen LogP contribution in [0, 0.1) is 0 Å². The molecule has 1 aliphatic rings. The minimum atomic E-state index is -0.185. The lowest BCUT2D eigenvalue weighted by Crippen LogP contribution is -2.22. The van der Waals surface area contributed by atoms with Gasteiger partial charge in [0.2, 0.25) is 5.78 Å². The van der Waals surface area contributed by atoms with Crippen molar-refractivity contribution in [1.82, 2.24) is 15.5 Å². The third kappa shape index (κ3) is 3.16. The van der Waals surface area contributed by atoms with Gasteiger partial charge < -0.3 is 9.84 Å². The Morgan fingerprint density at radius 1 is 1.50 bits per heavy atom. The largest absolute Gasteiger partial charge is 0.331 e. The lowest BCUT2D eigenvalue weighted by Gasteiger charge is -2.10. The maximum atomic E-state index is 11.9. The van der Waals surface area contributed by atoms with E-state index in [9.17, 15) is 4.79 Å². The van der Waals surface area contributed by atoms with Crippen molar-refractivity contribution < 1.29 is 9.32 Å². The summed E-state index contributed by atoms with van der Waals surface area (Å²) in [6.07, 6.45) is 3.69. The zero-order chi connectivity index (χ0) is 13.2. The minimum Gasteiger partial charge on any atom is -0.331 e. The summed E-state index contributed by atoms with van der Waals surface area (Å²) < 4.78 is 5.04. The number of nitrogens with zero attached hydrogens (tertiary/aromatic N) is 2. The van der Waals surface area contributed by atoms with Crippen molar-refractivity contribution in [2.24, 2.45) is 0 Å². The third-order valence-corrected chi connectivity index (χ3v) is 3.22. The Hall–Kier alpha value is -1.23. The summed E-state index contributed by atoms with van der Waals surface area (Å²) in [6.45, 7) is 7.05. The van der Waals surface area contributed by atoms with Crippen molar-refractivity contribution in [3.05, 3.63) is 11.7 Å². The molecule has 1 aromatic rings. The van der Waals surface area contributed by atoms with Crippen molar-refractivity contribution in [1.29, 1.82) is 0 Å². The first-order chi connectivity index (χ1) is 8.47. The highest BCUT2D eigenvalue weighted by molar-refractivity contribution is 5.91. The minimum absolute atomic E-state index is 0.0494. The maximum Gasteiger partial charge on any atom is 0.294 e. The molecule has 1 aromatic heterocycles. The summed E-state index contributed by atoms with van der Waals surface area (Å²) in [4.78, 5) is 16.1. The number of Topliss-reactive ketones (excluding diaryl/α,β-unsaturated/α-hetero) is 1. The molecule has 0 aromatic carbocycles. The van der Waals surface area contributed by atoms with Crippen LogP contribution in [0.1, 0.15) is 63.0 Å². The van der Waals surface area contributed by atoms with Gasteiger partial charge in [0, 0.05) is 17.9 Å². The molecule has 2 rings (SSSR count). The molecule has 1 atom stereocenters. The molecule has 1 aliphatic heterocycles. The van der Waals surface area contributed by atoms with Crippen LogP contribution in [0.3, 0.4) is 0 Å². The van der Waals surface area contributed by atoms with E-state index >= 15 is 0 Å². The normalized spacial score (nSPS) is 20.3. The average molecular weight is 251 g/mol. The summed E-state index contributed by atoms with van der Waals surface area (Å²) in [5.41, 5.74) is -0.185. The van der Waals surface area contributed by atoms with Gasteiger partial charge in [-0.05, 0) is 25.8 Å². The number of rotatable bonds is 4. The first kappa shape index (κ1) is 13.2. The Balaban J connectivity index is 1.90. The molecule has 100 valence electrons. The van der Waals surface area contributed by atoms with Gasteiger partial charge in [0.15, 0.2) is 5.82 Å². The third-order valence-electron chi connectivity index (χ3n) is 3.22. The van der Waals surface area contributed by atoms with Gasteiger partial charge in [-0.25, -0.2) is 0 Å². The van der Waals surface area contributed by atoms with Crippen LogP contribution in [0.4, 0.5) is 0 Å². The van der Waals surface area contributed by atoms with Crippen LogP contribution in [-0.2, 0) is 5.41 Å². The topological polar surface area (TPSA) is 68.0 Å². The first-order valence-electron chi connectivity index (χ1n) is 6.57. The van der Waals surface area contributed by atoms with Crippen LogP contribution < -0.4 is 5.32 Å². The fourth-order valence-corrected chi connectivity index (χ4v) is 2.06. The lowest BCUT2D eigenvalue weighted by atomic mass is 9.96. The summed E-state index contributed by atoms with van der Waals surface area (Å²) in [6, 6.07) is 0.471. The van der Waals surface area contributed by atoms with E-state index in [1.54, 1.807) is 0 Å². The van der Waals surface area contributed by atoms with Crippen LogP contribution in [0.15, 0.2) is 4.52 Å². The Bertz CT molecular complexity index is 414. The van der Waals surface area contributed by atoms with E-state index in [4.69, 9.17) is 4.52 Å². The lowest BCUT2D eigenvalue weighted by molar-refractivity contribution is 0.0934. The second kappa shape index (κ2) is 5.18. The number of carbonyl (C=O) groups excluding carboxylic acids is 1. The van der Waals surface area contributed by atoms with Crippen molar-refractivity contribution in [3.63, 3.8) is 0 Å². The van der Waals surface area contributed by atoms with Crippen LogP contribution in [-0.4, -0.2) is 28.5 Å². The second-order valence-corrected chi connectivity index (χ2v) is 5.93. The van der Waals surface area contributed by atoms with E-state index in [0.717, 1.165) is 19.4 Å². The van der Waals surface area contributed by atoms with Gasteiger partial charge >= 0.3 is 0 Å². The van der Waals surface area contributed by atoms with E-state index in [2.05, 4.69) is 15.5 Å². The van der Waals surface area contributed by atoms with Crippen LogP contribution in [0.25, 0.3) is 0 Å². The fraction of sp³-hybridized carbons (Fsp3) is 0.769. The van der Waals surface area contributed by atoms with Crippen LogP contribution in [0.5, 0.6) is 0 Å². The van der Waals surface area contributed by atoms with Gasteiger partial charge in [0.1, 0.15) is 0 Å². The van der Waals surface area contributed by atoms with Crippen LogP contribution >= 0.6 is 0 Å². The summed E-state index contributed by atoms with van der Waals surface area (Å²) in [5.74, 6) is 0.689. The Kier molecular flexibility index (Phi) is 3.80. The van der Waals surface area contributed by atoms with Crippen LogP contribution in [0.2, 0.25) is 0 Å². The van der Waals surface area contributed by atoms with Gasteiger partial charge in [0.25, 0.3) is 5.89 Å². The molecule has 1 fully saturated rings. The van der Waals surface area contributed by atoms with Gasteiger partial charge in [-0.3, -0.25) is 4.79 Å². The molecule has 2 heterocycles. The molecule has 5 heteroatoms. The summed E-state index contributed by atoms with van der Waals surface area (Å²) in [7, 11) is 0. The molecule has 0 aliphatic carbocycles. The smallest absolute Gasteiger partial charge is 0.294 e. The predicted molar refractivity (Wildman–Crippen MR) is 67.6 cm³/mol. The molecular weight excluding hydrogens is 230 g/mol. The first-order valence-corrected chi connectivity index (χ1v) is 6.57. The summed E-state index contributed by atoms with van der Waals surface area (Å²) >= 11 is 0. The van der Waals surface area contributed by atoms with Gasteiger partial charge in [-0.2, -0.15) is 4.98 Å². The van der Waals surface area contributed by atoms with E-state index < -0.39 is 0 Å². The van der Waals surface area contributed by atoms with Crippen molar-refractivity contribution >= 4 is 5.78 Å². The Labute approximate surface area is 107 Å². The zero-order valence-electron chi connectivity index (χ0n) is 11.3. The molecule has 18 heavy (non-hydrogen) atoms. The molecule has 1 N–H and O–H groups in total. The highest BCUT2D eigenvalue weighted by atomic mass is 16.5. The number of ketones is 1. The zero-order valence-corrected chi connectivity index (χ0v) is 11.3. The molecule has 1 saturated heterocycles. The van der Waals surface area contributed by atoms with E-state index in [1.807, 2.05) is 20.8 Å². The number of hydrogen-bond acceptors (Lipinski definition) is 5. The Morgan fingerprint density at radius 2 is 2.28 bits per heavy atom. The molecule has 0 radical (unpaired) electrons. The number of nitrogens with one attached hydrogen (secondary N) is 1. The highest BCUT2D eigenvalue weighted by Crippen LogP contribution is 2.19. The predicted octanol–water partition coefficient (Wildman–Crippen LogP) is 2.08. The Morgan fingerprint density at radius 3 is 2.83 bits per heavy atom. The van der Waals surface area contributed by atoms with Gasteiger partial charge in [-0.1, -0.05) is 25.9 Å². The molecule has 0 bridgehead atoms.